The van der Waals surface area contributed by atoms with Gasteiger partial charge in [-0.3, -0.25) is 48.1 Å². The van der Waals surface area contributed by atoms with Crippen LogP contribution in [0.2, 0.25) is 0 Å². The molecular formula is C57H85N13O10. The Kier molecular flexibility index (Phi) is 22.1. The van der Waals surface area contributed by atoms with Crippen molar-refractivity contribution in [3.8, 4) is 5.75 Å². The first-order chi connectivity index (χ1) is 38.6. The molecule has 1 heterocycles. The highest BCUT2D eigenvalue weighted by atomic mass is 16.5. The van der Waals surface area contributed by atoms with E-state index < -0.39 is 120 Å². The normalized spacial score (nSPS) is 22.7. The number of carbonyl (C=O) groups is 9. The van der Waals surface area contributed by atoms with Crippen LogP contribution in [0.4, 0.5) is 0 Å². The SMILES string of the molecule is [2H]C(C(=O)N[C@@H](Cc1ccc(OCC)cc1)C(=O)N[C@@H](Cc1ccccc1)C(=O)N[C@H](C(=O)N[C@@H](CC(N)=O)C(=O)N[C@@H](CCCN)C(=O)N1CCC[C@H]1C(=O)N[C@@H](CCCN=C(N)N)C(N)=O)C(C)C)C12CC3CC(CC(C3)C1)C2. The summed E-state index contributed by atoms with van der Waals surface area (Å²) >= 11 is 0. The van der Waals surface area contributed by atoms with E-state index in [2.05, 4.69) is 36.9 Å². The number of hydrogen-bond donors (Lipinski definition) is 11. The summed E-state index contributed by atoms with van der Waals surface area (Å²) in [6, 6.07) is 7.00. The number of guanidine groups is 1. The van der Waals surface area contributed by atoms with Gasteiger partial charge in [0.15, 0.2) is 5.96 Å². The fourth-order valence-corrected chi connectivity index (χ4v) is 12.4. The van der Waals surface area contributed by atoms with Gasteiger partial charge in [-0.2, -0.15) is 0 Å². The van der Waals surface area contributed by atoms with E-state index in [0.29, 0.717) is 54.1 Å². The van der Waals surface area contributed by atoms with E-state index in [9.17, 15) is 44.5 Å². The molecule has 4 saturated carbocycles. The van der Waals surface area contributed by atoms with Crippen LogP contribution in [0.5, 0.6) is 5.75 Å². The molecule has 5 fully saturated rings. The van der Waals surface area contributed by atoms with Crippen molar-refractivity contribution in [2.24, 2.45) is 62.7 Å². The first-order valence-electron chi connectivity index (χ1n) is 28.8. The van der Waals surface area contributed by atoms with Gasteiger partial charge in [-0.25, -0.2) is 0 Å². The van der Waals surface area contributed by atoms with Gasteiger partial charge >= 0.3 is 0 Å². The molecule has 9 amide bonds. The third-order valence-electron chi connectivity index (χ3n) is 15.8. The topological polar surface area (TPSA) is 381 Å². The Hall–Kier alpha value is -7.30. The molecule has 8 atom stereocenters. The van der Waals surface area contributed by atoms with Gasteiger partial charge < -0.3 is 70.2 Å². The van der Waals surface area contributed by atoms with Gasteiger partial charge in [0.2, 0.25) is 53.2 Å². The molecule has 4 bridgehead atoms. The summed E-state index contributed by atoms with van der Waals surface area (Å²) in [6.45, 7) is 6.03. The standard InChI is InChI=1S/C57H85N13O10/c1-4-80-39-18-16-35(17-19-39)27-42(64-47(72)32-57-29-36-23-37(30-57)25-38(24-36)31-57)50(74)67-43(26-34-11-6-5-7-12-34)52(76)69-48(33(2)3)54(78)68-44(28-46(59)71)51(75)66-41(13-8-20-58)55(79)70-22-10-15-45(70)53(77)65-40(49(60)73)14-9-21-63-56(61)62/h5-7,11-12,16-19,33,36-38,40-45,48H,4,8-10,13-15,20-32,58H2,1-3H3,(H2,59,71)(H2,60,73)(H,64,72)(H,65,77)(H,66,75)(H,67,74)(H,68,78)(H,69,76)(H4,61,62,63)/t36?,37?,38?,40-,41-,42-,43-,44-,45-,48-,57?/m0/s1/i32D/t32?,36?,37?,38?,40-,41-,42-,43-,44-,45-,48-,57?. The summed E-state index contributed by atoms with van der Waals surface area (Å²) in [5.41, 5.74) is 28.7. The summed E-state index contributed by atoms with van der Waals surface area (Å²) in [6.07, 6.45) is 5.30. The molecule has 16 N–H and O–H groups in total. The zero-order valence-electron chi connectivity index (χ0n) is 47.4. The number of nitrogens with two attached hydrogens (primary N) is 5. The van der Waals surface area contributed by atoms with E-state index in [4.69, 9.17) is 33.4 Å². The first-order valence-corrected chi connectivity index (χ1v) is 28.2. The number of carbonyl (C=O) groups excluding carboxylic acids is 9. The van der Waals surface area contributed by atoms with Gasteiger partial charge in [0, 0.05) is 33.7 Å². The number of amides is 9. The van der Waals surface area contributed by atoms with Gasteiger partial charge in [-0.1, -0.05) is 56.3 Å². The lowest BCUT2D eigenvalue weighted by molar-refractivity contribution is -0.142. The molecule has 2 aromatic rings. The largest absolute Gasteiger partial charge is 0.494 e. The van der Waals surface area contributed by atoms with Gasteiger partial charge in [-0.15, -0.1) is 0 Å². The smallest absolute Gasteiger partial charge is 0.245 e. The van der Waals surface area contributed by atoms with Crippen molar-refractivity contribution in [1.29, 1.82) is 0 Å². The number of rotatable bonds is 31. The monoisotopic (exact) mass is 1110 g/mol. The van der Waals surface area contributed by atoms with Gasteiger partial charge in [-0.05, 0) is 143 Å². The summed E-state index contributed by atoms with van der Waals surface area (Å²) in [7, 11) is 0. The second-order valence-corrected chi connectivity index (χ2v) is 22.6. The number of benzene rings is 2. The average Bonchev–Trinajstić information content (AvgIpc) is 3.22. The fraction of sp³-hybridized carbons (Fsp3) is 0.614. The van der Waals surface area contributed by atoms with Crippen molar-refractivity contribution in [3.05, 3.63) is 65.7 Å². The van der Waals surface area contributed by atoms with Crippen molar-refractivity contribution < 1.29 is 49.3 Å². The quantitative estimate of drug-likeness (QED) is 0.0273. The lowest BCUT2D eigenvalue weighted by Crippen LogP contribution is -2.61. The molecule has 23 nitrogen and oxygen atoms in total. The maximum absolute atomic E-state index is 14.7. The molecule has 0 radical (unpaired) electrons. The Morgan fingerprint density at radius 1 is 0.700 bits per heavy atom. The Bertz CT molecular complexity index is 2530. The van der Waals surface area contributed by atoms with Crippen LogP contribution < -0.4 is 65.3 Å². The Morgan fingerprint density at radius 3 is 1.84 bits per heavy atom. The minimum Gasteiger partial charge on any atom is -0.494 e. The lowest BCUT2D eigenvalue weighted by Gasteiger charge is -2.56. The molecule has 0 spiro atoms. The second kappa shape index (κ2) is 29.2. The molecular weight excluding hydrogens is 1030 g/mol. The predicted molar refractivity (Wildman–Crippen MR) is 299 cm³/mol. The van der Waals surface area contributed by atoms with Crippen molar-refractivity contribution in [2.45, 2.75) is 166 Å². The van der Waals surface area contributed by atoms with Gasteiger partial charge in [0.1, 0.15) is 48.0 Å². The highest BCUT2D eigenvalue weighted by Gasteiger charge is 2.52. The van der Waals surface area contributed by atoms with Crippen LogP contribution >= 0.6 is 0 Å². The van der Waals surface area contributed by atoms with Crippen LogP contribution in [0, 0.1) is 29.1 Å². The second-order valence-electron chi connectivity index (χ2n) is 22.6. The van der Waals surface area contributed by atoms with Gasteiger partial charge in [0.25, 0.3) is 0 Å². The number of ether oxygens (including phenoxy) is 1. The number of likely N-dealkylation sites (tertiary alicyclic amines) is 1. The first kappa shape index (κ1) is 60.3. The summed E-state index contributed by atoms with van der Waals surface area (Å²) in [5.74, 6) is -5.65. The molecule has 438 valence electrons. The molecule has 23 heteroatoms. The maximum atomic E-state index is 14.7. The highest BCUT2D eigenvalue weighted by Crippen LogP contribution is 2.61. The van der Waals surface area contributed by atoms with Crippen molar-refractivity contribution in [3.63, 3.8) is 0 Å². The lowest BCUT2D eigenvalue weighted by atomic mass is 9.49. The minimum absolute atomic E-state index is 0.00746. The number of nitrogens with zero attached hydrogens (tertiary/aromatic N) is 2. The molecule has 2 aromatic carbocycles. The molecule has 1 unspecified atom stereocenters. The van der Waals surface area contributed by atoms with E-state index in [0.717, 1.165) is 38.5 Å². The Labute approximate surface area is 470 Å². The van der Waals surface area contributed by atoms with E-state index in [1.54, 1.807) is 68.4 Å². The number of aliphatic imine (C=N–C) groups is 1. The van der Waals surface area contributed by atoms with Crippen LogP contribution in [0.1, 0.15) is 123 Å². The van der Waals surface area contributed by atoms with Crippen molar-refractivity contribution in [2.75, 3.05) is 26.2 Å². The van der Waals surface area contributed by atoms with E-state index in [1.165, 1.54) is 4.90 Å². The molecule has 80 heavy (non-hydrogen) atoms. The minimum atomic E-state index is -1.65. The Morgan fingerprint density at radius 2 is 1.26 bits per heavy atom. The zero-order chi connectivity index (χ0) is 59.0. The maximum Gasteiger partial charge on any atom is 0.245 e. The summed E-state index contributed by atoms with van der Waals surface area (Å²) < 4.78 is 15.0. The number of nitrogens with one attached hydrogen (secondary N) is 6. The summed E-state index contributed by atoms with van der Waals surface area (Å²) in [4.78, 5) is 130. The van der Waals surface area contributed by atoms with E-state index >= 15 is 0 Å². The van der Waals surface area contributed by atoms with Gasteiger partial charge in [0.05, 0.1) is 13.0 Å². The van der Waals surface area contributed by atoms with E-state index in [-0.39, 0.29) is 64.1 Å². The van der Waals surface area contributed by atoms with Crippen molar-refractivity contribution >= 4 is 59.1 Å². The fourth-order valence-electron chi connectivity index (χ4n) is 12.4. The summed E-state index contributed by atoms with van der Waals surface area (Å²) in [5, 5.41) is 16.4. The number of hydrogen-bond acceptors (Lipinski definition) is 12. The number of primary amides is 2. The van der Waals surface area contributed by atoms with Crippen LogP contribution in [-0.4, -0.2) is 133 Å². The van der Waals surface area contributed by atoms with Crippen LogP contribution in [0.3, 0.4) is 0 Å². The molecule has 1 saturated heterocycles. The average molecular weight is 1110 g/mol. The van der Waals surface area contributed by atoms with Crippen molar-refractivity contribution in [1.82, 2.24) is 36.8 Å². The zero-order valence-corrected chi connectivity index (χ0v) is 46.4. The molecule has 4 aliphatic carbocycles. The molecule has 1 aliphatic heterocycles. The third kappa shape index (κ3) is 17.9. The molecule has 7 rings (SSSR count). The van der Waals surface area contributed by atoms with Crippen LogP contribution in [-0.2, 0) is 56.0 Å². The Balaban J connectivity index is 1.18. The van der Waals surface area contributed by atoms with Crippen LogP contribution in [0.15, 0.2) is 59.6 Å². The molecule has 5 aliphatic rings. The van der Waals surface area contributed by atoms with E-state index in [1.807, 2.05) is 6.92 Å². The molecule has 0 aromatic heterocycles. The van der Waals surface area contributed by atoms with Crippen LogP contribution in [0.25, 0.3) is 0 Å². The predicted octanol–water partition coefficient (Wildman–Crippen LogP) is 0.186. The highest BCUT2D eigenvalue weighted by molar-refractivity contribution is 5.99. The third-order valence-corrected chi connectivity index (χ3v) is 15.8.